The number of hydrogen-bond donors (Lipinski definition) is 2. The Morgan fingerprint density at radius 2 is 1.87 bits per heavy atom. The van der Waals surface area contributed by atoms with Crippen LogP contribution in [0, 0.1) is 5.41 Å². The summed E-state index contributed by atoms with van der Waals surface area (Å²) in [4.78, 5) is 29.3. The smallest absolute Gasteiger partial charge is 0.320 e. The summed E-state index contributed by atoms with van der Waals surface area (Å²) in [6.07, 6.45) is 0. The molecule has 23 heavy (non-hydrogen) atoms. The van der Waals surface area contributed by atoms with E-state index in [1.165, 1.54) is 23.9 Å². The van der Waals surface area contributed by atoms with E-state index in [-0.39, 0.29) is 10.3 Å². The molecule has 0 saturated heterocycles. The van der Waals surface area contributed by atoms with E-state index in [2.05, 4.69) is 15.9 Å². The highest BCUT2D eigenvalue weighted by molar-refractivity contribution is 9.10. The number of carbonyl (C=O) groups is 1. The van der Waals surface area contributed by atoms with Crippen LogP contribution >= 0.6 is 35.3 Å². The monoisotopic (exact) mass is 430 g/mol. The van der Waals surface area contributed by atoms with E-state index in [1.807, 2.05) is 20.8 Å². The van der Waals surface area contributed by atoms with Crippen LogP contribution in [0.3, 0.4) is 0 Å². The molecule has 0 aliphatic heterocycles. The van der Waals surface area contributed by atoms with Gasteiger partial charge in [-0.3, -0.25) is 9.36 Å². The SMILES string of the molecule is CC(C)(C)C(=O)CSCc1ccc(C(F)(F)P(=O)(O)O)c(Br)c1. The maximum absolute atomic E-state index is 13.7. The van der Waals surface area contributed by atoms with E-state index in [4.69, 9.17) is 9.79 Å². The molecule has 1 aromatic rings. The van der Waals surface area contributed by atoms with Gasteiger partial charge in [0, 0.05) is 21.2 Å². The number of carbonyl (C=O) groups excluding carboxylic acids is 1. The summed E-state index contributed by atoms with van der Waals surface area (Å²) in [5, 5.41) is 0. The van der Waals surface area contributed by atoms with Gasteiger partial charge in [0.05, 0.1) is 5.75 Å². The Morgan fingerprint density at radius 1 is 1.30 bits per heavy atom. The van der Waals surface area contributed by atoms with Crippen molar-refractivity contribution in [2.75, 3.05) is 5.75 Å². The minimum atomic E-state index is -5.60. The second-order valence-corrected chi connectivity index (χ2v) is 9.56. The zero-order valence-corrected chi connectivity index (χ0v) is 16.1. The average Bonchev–Trinajstić information content (AvgIpc) is 2.35. The van der Waals surface area contributed by atoms with Crippen LogP contribution in [0.15, 0.2) is 22.7 Å². The molecule has 0 fully saturated rings. The molecule has 9 heteroatoms. The Kier molecular flexibility index (Phi) is 6.61. The van der Waals surface area contributed by atoms with E-state index in [0.717, 1.165) is 6.07 Å². The minimum absolute atomic E-state index is 0.0777. The first-order valence-corrected chi connectivity index (χ1v) is 10.2. The highest BCUT2D eigenvalue weighted by Crippen LogP contribution is 2.60. The summed E-state index contributed by atoms with van der Waals surface area (Å²) in [5.41, 5.74) is -4.76. The second-order valence-electron chi connectivity index (χ2n) is 6.07. The molecule has 0 aromatic heterocycles. The number of thioether (sulfide) groups is 1. The van der Waals surface area contributed by atoms with Gasteiger partial charge < -0.3 is 9.79 Å². The molecule has 0 heterocycles. The van der Waals surface area contributed by atoms with Crippen molar-refractivity contribution in [3.05, 3.63) is 33.8 Å². The molecule has 0 unspecified atom stereocenters. The number of rotatable bonds is 6. The topological polar surface area (TPSA) is 74.6 Å². The highest BCUT2D eigenvalue weighted by atomic mass is 79.9. The first-order valence-electron chi connectivity index (χ1n) is 6.60. The van der Waals surface area contributed by atoms with E-state index in [1.54, 1.807) is 0 Å². The molecular formula is C14H18BrF2O4PS. The van der Waals surface area contributed by atoms with Crippen molar-refractivity contribution in [1.82, 2.24) is 0 Å². The molecule has 0 bridgehead atoms. The van der Waals surface area contributed by atoms with Crippen LogP contribution < -0.4 is 0 Å². The Balaban J connectivity index is 2.82. The van der Waals surface area contributed by atoms with Crippen LogP contribution in [0.1, 0.15) is 31.9 Å². The van der Waals surface area contributed by atoms with Crippen molar-refractivity contribution in [1.29, 1.82) is 0 Å². The first kappa shape index (κ1) is 20.8. The van der Waals surface area contributed by atoms with Gasteiger partial charge in [0.25, 0.3) is 0 Å². The molecular weight excluding hydrogens is 413 g/mol. The molecule has 0 radical (unpaired) electrons. The third kappa shape index (κ3) is 5.36. The predicted molar refractivity (Wildman–Crippen MR) is 90.7 cm³/mol. The van der Waals surface area contributed by atoms with Gasteiger partial charge in [-0.05, 0) is 11.6 Å². The van der Waals surface area contributed by atoms with Crippen LogP contribution in [0.5, 0.6) is 0 Å². The molecule has 4 nitrogen and oxygen atoms in total. The molecule has 130 valence electrons. The lowest BCUT2D eigenvalue weighted by Gasteiger charge is -2.19. The summed E-state index contributed by atoms with van der Waals surface area (Å²) >= 11 is 4.29. The largest absolute Gasteiger partial charge is 0.399 e. The van der Waals surface area contributed by atoms with E-state index in [0.29, 0.717) is 17.1 Å². The maximum Gasteiger partial charge on any atom is 0.399 e. The van der Waals surface area contributed by atoms with Crippen molar-refractivity contribution in [3.63, 3.8) is 0 Å². The number of Topliss-reactive ketones (excluding diaryl/α,β-unsaturated/α-hetero) is 1. The molecule has 0 saturated carbocycles. The molecule has 2 N–H and O–H groups in total. The first-order chi connectivity index (χ1) is 10.3. The van der Waals surface area contributed by atoms with Gasteiger partial charge in [-0.15, -0.1) is 11.8 Å². The summed E-state index contributed by atoms with van der Waals surface area (Å²) in [6.45, 7) is 5.47. The third-order valence-corrected chi connectivity index (χ3v) is 5.69. The van der Waals surface area contributed by atoms with Gasteiger partial charge in [0.15, 0.2) is 0 Å². The van der Waals surface area contributed by atoms with Gasteiger partial charge in [0.1, 0.15) is 5.78 Å². The van der Waals surface area contributed by atoms with Crippen molar-refractivity contribution >= 4 is 41.1 Å². The van der Waals surface area contributed by atoms with Crippen LogP contribution in [0.2, 0.25) is 0 Å². The fraction of sp³-hybridized carbons (Fsp3) is 0.500. The van der Waals surface area contributed by atoms with Crippen LogP contribution in [0.4, 0.5) is 8.78 Å². The Labute approximate surface area is 146 Å². The third-order valence-electron chi connectivity index (χ3n) is 3.06. The lowest BCUT2D eigenvalue weighted by atomic mass is 9.92. The van der Waals surface area contributed by atoms with Gasteiger partial charge >= 0.3 is 13.3 Å². The van der Waals surface area contributed by atoms with Crippen molar-refractivity contribution < 1.29 is 27.9 Å². The number of halogens is 3. The zero-order chi connectivity index (χ0) is 18.1. The maximum atomic E-state index is 13.7. The predicted octanol–water partition coefficient (Wildman–Crippen LogP) is 4.52. The van der Waals surface area contributed by atoms with Gasteiger partial charge in [-0.2, -0.15) is 8.78 Å². The van der Waals surface area contributed by atoms with E-state index >= 15 is 0 Å². The van der Waals surface area contributed by atoms with Gasteiger partial charge in [-0.25, -0.2) is 0 Å². The average molecular weight is 431 g/mol. The van der Waals surface area contributed by atoms with Crippen LogP contribution in [0.25, 0.3) is 0 Å². The Bertz CT molecular complexity index is 640. The van der Waals surface area contributed by atoms with Crippen molar-refractivity contribution in [2.45, 2.75) is 32.2 Å². The lowest BCUT2D eigenvalue weighted by molar-refractivity contribution is -0.123. The highest BCUT2D eigenvalue weighted by Gasteiger charge is 2.51. The van der Waals surface area contributed by atoms with Crippen molar-refractivity contribution in [3.8, 4) is 0 Å². The van der Waals surface area contributed by atoms with E-state index in [9.17, 15) is 18.1 Å². The summed E-state index contributed by atoms with van der Waals surface area (Å²) in [7, 11) is -5.60. The second kappa shape index (κ2) is 7.31. The fourth-order valence-corrected chi connectivity index (χ4v) is 4.00. The number of alkyl halides is 2. The quantitative estimate of drug-likeness (QED) is 0.648. The zero-order valence-electron chi connectivity index (χ0n) is 12.8. The Hall–Kier alpha value is -0.270. The normalized spacial score (nSPS) is 13.2. The van der Waals surface area contributed by atoms with E-state index < -0.39 is 24.2 Å². The molecule has 0 spiro atoms. The van der Waals surface area contributed by atoms with Gasteiger partial charge in [0.2, 0.25) is 0 Å². The van der Waals surface area contributed by atoms with Crippen LogP contribution in [-0.4, -0.2) is 21.3 Å². The summed E-state index contributed by atoms with van der Waals surface area (Å²) < 4.78 is 38.2. The molecule has 0 amide bonds. The summed E-state index contributed by atoms with van der Waals surface area (Å²) in [5.74, 6) is 0.829. The molecule has 0 aliphatic carbocycles. The van der Waals surface area contributed by atoms with Crippen molar-refractivity contribution in [2.24, 2.45) is 5.41 Å². The molecule has 1 aromatic carbocycles. The number of benzene rings is 1. The lowest BCUT2D eigenvalue weighted by Crippen LogP contribution is -2.22. The van der Waals surface area contributed by atoms with Crippen LogP contribution in [-0.2, 0) is 20.8 Å². The number of hydrogen-bond acceptors (Lipinski definition) is 3. The number of ketones is 1. The standard InChI is InChI=1S/C14H18BrF2O4PS/c1-13(2,3)12(18)8-23-7-9-4-5-10(11(15)6-9)14(16,17)22(19,20)21/h4-6H,7-8H2,1-3H3,(H2,19,20,21). The molecule has 1 rings (SSSR count). The Morgan fingerprint density at radius 3 is 2.30 bits per heavy atom. The molecule has 0 aliphatic rings. The van der Waals surface area contributed by atoms with Gasteiger partial charge in [-0.1, -0.05) is 48.8 Å². The minimum Gasteiger partial charge on any atom is -0.320 e. The summed E-state index contributed by atoms with van der Waals surface area (Å²) in [6, 6.07) is 3.75. The molecule has 0 atom stereocenters. The fourth-order valence-electron chi connectivity index (χ4n) is 1.53.